The van der Waals surface area contributed by atoms with Gasteiger partial charge in [-0.3, -0.25) is 0 Å². The minimum Gasteiger partial charge on any atom is -0.384 e. The van der Waals surface area contributed by atoms with Crippen LogP contribution >= 0.6 is 0 Å². The van der Waals surface area contributed by atoms with E-state index in [9.17, 15) is 8.42 Å². The van der Waals surface area contributed by atoms with Gasteiger partial charge >= 0.3 is 0 Å². The van der Waals surface area contributed by atoms with Gasteiger partial charge in [0.15, 0.2) is 0 Å². The van der Waals surface area contributed by atoms with E-state index in [0.29, 0.717) is 11.3 Å². The topological polar surface area (TPSA) is 96.0 Å². The first-order chi connectivity index (χ1) is 10.0. The molecule has 6 heteroatoms. The fourth-order valence-corrected chi connectivity index (χ4v) is 2.98. The van der Waals surface area contributed by atoms with Crippen LogP contribution in [-0.4, -0.2) is 15.0 Å². The van der Waals surface area contributed by atoms with E-state index >= 15 is 0 Å². The molecule has 0 fully saturated rings. The van der Waals surface area contributed by atoms with Gasteiger partial charge < -0.3 is 5.32 Å². The summed E-state index contributed by atoms with van der Waals surface area (Å²) in [6, 6.07) is 6.31. The average Bonchev–Trinajstić information content (AvgIpc) is 2.47. The van der Waals surface area contributed by atoms with E-state index in [1.807, 2.05) is 6.07 Å². The molecule has 21 heavy (non-hydrogen) atoms. The fourth-order valence-electron chi connectivity index (χ4n) is 2.44. The molecule has 0 bridgehead atoms. The Morgan fingerprint density at radius 1 is 1.33 bits per heavy atom. The third kappa shape index (κ3) is 4.31. The molecule has 0 unspecified atom stereocenters. The number of nitrogens with zero attached hydrogens (tertiary/aromatic N) is 1. The van der Waals surface area contributed by atoms with Gasteiger partial charge in [-0.25, -0.2) is 13.6 Å². The zero-order chi connectivity index (χ0) is 15.3. The van der Waals surface area contributed by atoms with Crippen LogP contribution in [0.1, 0.15) is 37.7 Å². The van der Waals surface area contributed by atoms with Crippen molar-refractivity contribution in [1.29, 1.82) is 5.26 Å². The average molecular weight is 305 g/mol. The van der Waals surface area contributed by atoms with Crippen LogP contribution in [0.3, 0.4) is 0 Å². The molecule has 1 aromatic carbocycles. The van der Waals surface area contributed by atoms with E-state index in [2.05, 4.69) is 11.4 Å². The van der Waals surface area contributed by atoms with Crippen LogP contribution in [0.4, 0.5) is 5.69 Å². The highest BCUT2D eigenvalue weighted by molar-refractivity contribution is 7.89. The Bertz CT molecular complexity index is 687. The molecule has 0 spiro atoms. The highest BCUT2D eigenvalue weighted by Crippen LogP contribution is 2.22. The van der Waals surface area contributed by atoms with Crippen LogP contribution in [0.2, 0.25) is 0 Å². The predicted molar refractivity (Wildman–Crippen MR) is 82.2 cm³/mol. The van der Waals surface area contributed by atoms with Gasteiger partial charge in [-0.05, 0) is 50.3 Å². The van der Waals surface area contributed by atoms with Crippen molar-refractivity contribution in [1.82, 2.24) is 0 Å². The zero-order valence-electron chi connectivity index (χ0n) is 11.8. The van der Waals surface area contributed by atoms with Crippen LogP contribution in [-0.2, 0) is 10.0 Å². The van der Waals surface area contributed by atoms with E-state index in [1.165, 1.54) is 30.5 Å². The van der Waals surface area contributed by atoms with Crippen molar-refractivity contribution in [2.45, 2.75) is 37.0 Å². The summed E-state index contributed by atoms with van der Waals surface area (Å²) in [6.07, 6.45) is 8.06. The van der Waals surface area contributed by atoms with E-state index in [-0.39, 0.29) is 4.90 Å². The molecule has 0 heterocycles. The van der Waals surface area contributed by atoms with Crippen molar-refractivity contribution in [3.8, 4) is 6.07 Å². The van der Waals surface area contributed by atoms with Crippen LogP contribution in [0, 0.1) is 11.3 Å². The van der Waals surface area contributed by atoms with Gasteiger partial charge in [0.2, 0.25) is 10.0 Å². The lowest BCUT2D eigenvalue weighted by molar-refractivity contribution is 0.598. The van der Waals surface area contributed by atoms with Crippen LogP contribution < -0.4 is 10.5 Å². The number of nitrogens with two attached hydrogens (primary N) is 1. The van der Waals surface area contributed by atoms with Gasteiger partial charge in [0.25, 0.3) is 0 Å². The van der Waals surface area contributed by atoms with Crippen molar-refractivity contribution >= 4 is 15.7 Å². The summed E-state index contributed by atoms with van der Waals surface area (Å²) in [7, 11) is -3.78. The molecule has 5 nitrogen and oxygen atoms in total. The van der Waals surface area contributed by atoms with Gasteiger partial charge in [-0.2, -0.15) is 5.26 Å². The minimum atomic E-state index is -3.78. The number of nitriles is 1. The number of benzene rings is 1. The number of anilines is 1. The standard InChI is InChI=1S/C15H19N3O2S/c16-11-13-10-14(21(17,19)20)6-7-15(13)18-9-8-12-4-2-1-3-5-12/h4,6-7,10,18H,1-3,5,8-9H2,(H2,17,19,20). The molecule has 0 aliphatic heterocycles. The van der Waals surface area contributed by atoms with E-state index in [1.54, 1.807) is 6.07 Å². The van der Waals surface area contributed by atoms with Crippen molar-refractivity contribution < 1.29 is 8.42 Å². The quantitative estimate of drug-likeness (QED) is 0.817. The lowest BCUT2D eigenvalue weighted by Gasteiger charge is -2.14. The highest BCUT2D eigenvalue weighted by atomic mass is 32.2. The molecule has 0 saturated carbocycles. The predicted octanol–water partition coefficient (Wildman–Crippen LogP) is 2.51. The number of nitrogens with one attached hydrogen (secondary N) is 1. The largest absolute Gasteiger partial charge is 0.384 e. The normalized spacial score (nSPS) is 15.1. The molecular weight excluding hydrogens is 286 g/mol. The lowest BCUT2D eigenvalue weighted by atomic mass is 9.97. The van der Waals surface area contributed by atoms with Crippen LogP contribution in [0.15, 0.2) is 34.7 Å². The Labute approximate surface area is 125 Å². The Morgan fingerprint density at radius 3 is 2.76 bits per heavy atom. The Hall–Kier alpha value is -1.84. The SMILES string of the molecule is N#Cc1cc(S(N)(=O)=O)ccc1NCCC1=CCCCC1. The van der Waals surface area contributed by atoms with Crippen molar-refractivity contribution in [2.24, 2.45) is 5.14 Å². The van der Waals surface area contributed by atoms with E-state index in [0.717, 1.165) is 25.8 Å². The first-order valence-corrected chi connectivity index (χ1v) is 8.54. The summed E-state index contributed by atoms with van der Waals surface area (Å²) < 4.78 is 22.5. The Balaban J connectivity index is 2.03. The molecular formula is C15H19N3O2S. The number of allylic oxidation sites excluding steroid dienone is 1. The summed E-state index contributed by atoms with van der Waals surface area (Å²) in [5.41, 5.74) is 2.38. The fraction of sp³-hybridized carbons (Fsp3) is 0.400. The molecule has 0 amide bonds. The smallest absolute Gasteiger partial charge is 0.238 e. The molecule has 112 valence electrons. The summed E-state index contributed by atoms with van der Waals surface area (Å²) in [4.78, 5) is -0.0420. The molecule has 1 aliphatic rings. The van der Waals surface area contributed by atoms with E-state index < -0.39 is 10.0 Å². The first-order valence-electron chi connectivity index (χ1n) is 6.99. The molecule has 0 aromatic heterocycles. The summed E-state index contributed by atoms with van der Waals surface area (Å²) in [5, 5.41) is 17.4. The third-order valence-electron chi connectivity index (χ3n) is 3.59. The number of hydrogen-bond donors (Lipinski definition) is 2. The zero-order valence-corrected chi connectivity index (χ0v) is 12.6. The molecule has 0 saturated heterocycles. The molecule has 1 aliphatic carbocycles. The first kappa shape index (κ1) is 15.5. The minimum absolute atomic E-state index is 0.0420. The van der Waals surface area contributed by atoms with Crippen molar-refractivity contribution in [3.63, 3.8) is 0 Å². The monoisotopic (exact) mass is 305 g/mol. The maximum atomic E-state index is 11.3. The summed E-state index contributed by atoms with van der Waals surface area (Å²) in [5.74, 6) is 0. The molecule has 1 aromatic rings. The second kappa shape index (κ2) is 6.74. The van der Waals surface area contributed by atoms with Gasteiger partial charge in [-0.15, -0.1) is 0 Å². The summed E-state index contributed by atoms with van der Waals surface area (Å²) >= 11 is 0. The second-order valence-corrected chi connectivity index (χ2v) is 6.71. The number of hydrogen-bond acceptors (Lipinski definition) is 4. The Morgan fingerprint density at radius 2 is 2.14 bits per heavy atom. The number of sulfonamides is 1. The summed E-state index contributed by atoms with van der Waals surface area (Å²) in [6.45, 7) is 0.731. The van der Waals surface area contributed by atoms with Gasteiger partial charge in [0.1, 0.15) is 6.07 Å². The second-order valence-electron chi connectivity index (χ2n) is 5.15. The van der Waals surface area contributed by atoms with Crippen LogP contribution in [0.5, 0.6) is 0 Å². The maximum Gasteiger partial charge on any atom is 0.238 e. The number of primary sulfonamides is 1. The third-order valence-corrected chi connectivity index (χ3v) is 4.50. The van der Waals surface area contributed by atoms with Gasteiger partial charge in [0, 0.05) is 6.54 Å². The lowest BCUT2D eigenvalue weighted by Crippen LogP contribution is -2.13. The van der Waals surface area contributed by atoms with Crippen molar-refractivity contribution in [3.05, 3.63) is 35.4 Å². The molecule has 0 atom stereocenters. The van der Waals surface area contributed by atoms with Crippen molar-refractivity contribution in [2.75, 3.05) is 11.9 Å². The molecule has 0 radical (unpaired) electrons. The molecule has 3 N–H and O–H groups in total. The van der Waals surface area contributed by atoms with Gasteiger partial charge in [0.05, 0.1) is 16.1 Å². The molecule has 2 rings (SSSR count). The van der Waals surface area contributed by atoms with Crippen LogP contribution in [0.25, 0.3) is 0 Å². The van der Waals surface area contributed by atoms with E-state index in [4.69, 9.17) is 10.4 Å². The van der Waals surface area contributed by atoms with Gasteiger partial charge in [-0.1, -0.05) is 11.6 Å². The number of rotatable bonds is 5. The Kier molecular flexibility index (Phi) is 4.99. The maximum absolute atomic E-state index is 11.3. The highest BCUT2D eigenvalue weighted by Gasteiger charge is 2.11.